The van der Waals surface area contributed by atoms with E-state index in [9.17, 15) is 23.1 Å². The fourth-order valence-corrected chi connectivity index (χ4v) is 6.39. The Balaban J connectivity index is 1.57. The van der Waals surface area contributed by atoms with Crippen molar-refractivity contribution in [3.63, 3.8) is 0 Å². The van der Waals surface area contributed by atoms with Gasteiger partial charge in [-0.1, -0.05) is 103 Å². The maximum absolute atomic E-state index is 14.9. The van der Waals surface area contributed by atoms with Gasteiger partial charge in [0.25, 0.3) is 0 Å². The van der Waals surface area contributed by atoms with E-state index in [0.29, 0.717) is 22.3 Å². The van der Waals surface area contributed by atoms with E-state index in [1.165, 1.54) is 16.8 Å². The van der Waals surface area contributed by atoms with Crippen LogP contribution in [-0.2, 0) is 18.3 Å². The zero-order chi connectivity index (χ0) is 31.2. The molecule has 1 saturated carbocycles. The minimum atomic E-state index is -4.51. The lowest BCUT2D eigenvalue weighted by atomic mass is 9.76. The van der Waals surface area contributed by atoms with E-state index in [0.717, 1.165) is 41.7 Å². The molecule has 1 aliphatic carbocycles. The van der Waals surface area contributed by atoms with Gasteiger partial charge in [0.05, 0.1) is 23.7 Å². The van der Waals surface area contributed by atoms with Crippen molar-refractivity contribution in [3.8, 4) is 11.1 Å². The zero-order valence-corrected chi connectivity index (χ0v) is 24.2. The summed E-state index contributed by atoms with van der Waals surface area (Å²) < 4.78 is 44.0. The minimum absolute atomic E-state index is 0.0369. The second-order valence-electron chi connectivity index (χ2n) is 11.6. The van der Waals surface area contributed by atoms with Gasteiger partial charge in [-0.2, -0.15) is 13.2 Å². The average molecular weight is 606 g/mol. The monoisotopic (exact) mass is 605 g/mol. The molecule has 1 unspecified atom stereocenters. The van der Waals surface area contributed by atoms with Crippen LogP contribution >= 0.6 is 0 Å². The van der Waals surface area contributed by atoms with Crippen LogP contribution in [0, 0.1) is 5.92 Å². The Morgan fingerprint density at radius 1 is 0.733 bits per heavy atom. The van der Waals surface area contributed by atoms with Gasteiger partial charge in [-0.3, -0.25) is 9.13 Å². The predicted octanol–water partition coefficient (Wildman–Crippen LogP) is 7.49. The number of benzene rings is 4. The molecule has 8 heteroatoms. The van der Waals surface area contributed by atoms with Crippen molar-refractivity contribution >= 4 is 11.2 Å². The second-order valence-corrected chi connectivity index (χ2v) is 11.6. The highest BCUT2D eigenvalue weighted by atomic mass is 19.4. The highest BCUT2D eigenvalue weighted by molar-refractivity contribution is 5.80. The molecule has 45 heavy (non-hydrogen) atoms. The molecule has 2 heterocycles. The molecule has 0 aliphatic heterocycles. The molecule has 0 radical (unpaired) electrons. The lowest BCUT2D eigenvalue weighted by Gasteiger charge is -2.37. The van der Waals surface area contributed by atoms with Crippen LogP contribution < -0.4 is 5.69 Å². The largest absolute Gasteiger partial charge is 0.416 e. The molecule has 7 rings (SSSR count). The van der Waals surface area contributed by atoms with Gasteiger partial charge in [-0.15, -0.1) is 0 Å². The van der Waals surface area contributed by atoms with Crippen LogP contribution in [0.1, 0.15) is 35.1 Å². The van der Waals surface area contributed by atoms with E-state index < -0.39 is 23.4 Å². The summed E-state index contributed by atoms with van der Waals surface area (Å²) in [5.74, 6) is 0.0945. The summed E-state index contributed by atoms with van der Waals surface area (Å²) in [4.78, 5) is 19.7. The molecule has 0 saturated heterocycles. The topological polar surface area (TPSA) is 60.1 Å². The van der Waals surface area contributed by atoms with Crippen LogP contribution in [0.4, 0.5) is 13.2 Å². The molecule has 2 aromatic heterocycles. The zero-order valence-electron chi connectivity index (χ0n) is 24.2. The average Bonchev–Trinajstić information content (AvgIpc) is 3.89. The Bertz CT molecular complexity index is 1920. The van der Waals surface area contributed by atoms with Gasteiger partial charge in [-0.05, 0) is 59.2 Å². The molecule has 6 aromatic rings. The number of imidazole rings is 1. The van der Waals surface area contributed by atoms with Crippen LogP contribution in [0.3, 0.4) is 0 Å². The Morgan fingerprint density at radius 2 is 1.27 bits per heavy atom. The van der Waals surface area contributed by atoms with Gasteiger partial charge < -0.3 is 5.11 Å². The van der Waals surface area contributed by atoms with E-state index in [-0.39, 0.29) is 18.2 Å². The van der Waals surface area contributed by atoms with Crippen molar-refractivity contribution in [2.45, 2.75) is 37.2 Å². The van der Waals surface area contributed by atoms with Gasteiger partial charge >= 0.3 is 11.9 Å². The van der Waals surface area contributed by atoms with Gasteiger partial charge in [0.1, 0.15) is 5.54 Å². The van der Waals surface area contributed by atoms with E-state index >= 15 is 0 Å². The van der Waals surface area contributed by atoms with Crippen molar-refractivity contribution in [1.82, 2.24) is 14.1 Å². The summed E-state index contributed by atoms with van der Waals surface area (Å²) in [5.41, 5.74) is 1.72. The summed E-state index contributed by atoms with van der Waals surface area (Å²) >= 11 is 0. The number of aromatic nitrogens is 3. The third-order valence-corrected chi connectivity index (χ3v) is 8.74. The Morgan fingerprint density at radius 3 is 1.78 bits per heavy atom. The molecular formula is C37H30F3N3O2. The Hall–Kier alpha value is -4.95. The summed E-state index contributed by atoms with van der Waals surface area (Å²) in [6, 6.07) is 36.0. The summed E-state index contributed by atoms with van der Waals surface area (Å²) in [5, 5.41) is 11.1. The van der Waals surface area contributed by atoms with Crippen molar-refractivity contribution in [3.05, 3.63) is 160 Å². The third-order valence-electron chi connectivity index (χ3n) is 8.74. The maximum atomic E-state index is 14.9. The van der Waals surface area contributed by atoms with E-state index in [1.807, 2.05) is 91.0 Å². The first kappa shape index (κ1) is 28.8. The van der Waals surface area contributed by atoms with E-state index in [4.69, 9.17) is 4.98 Å². The molecule has 226 valence electrons. The molecule has 5 nitrogen and oxygen atoms in total. The van der Waals surface area contributed by atoms with Gasteiger partial charge in [0.15, 0.2) is 5.65 Å². The van der Waals surface area contributed by atoms with E-state index in [1.54, 1.807) is 16.7 Å². The number of rotatable bonds is 8. The summed E-state index contributed by atoms with van der Waals surface area (Å²) in [7, 11) is 0. The lowest BCUT2D eigenvalue weighted by molar-refractivity contribution is -0.137. The lowest BCUT2D eigenvalue weighted by Crippen LogP contribution is -2.45. The predicted molar refractivity (Wildman–Crippen MR) is 168 cm³/mol. The first-order valence-electron chi connectivity index (χ1n) is 14.9. The third kappa shape index (κ3) is 5.05. The number of pyridine rings is 1. The first-order valence-corrected chi connectivity index (χ1v) is 14.9. The molecule has 0 amide bonds. The number of hydrogen-bond donors (Lipinski definition) is 1. The van der Waals surface area contributed by atoms with Gasteiger partial charge in [0.2, 0.25) is 0 Å². The second kappa shape index (κ2) is 11.2. The smallest absolute Gasteiger partial charge is 0.391 e. The summed E-state index contributed by atoms with van der Waals surface area (Å²) in [6.45, 7) is 0.0369. The normalized spacial score (nSPS) is 14.5. The quantitative estimate of drug-likeness (QED) is 0.183. The van der Waals surface area contributed by atoms with Crippen molar-refractivity contribution in [1.29, 1.82) is 0 Å². The van der Waals surface area contributed by atoms with Gasteiger partial charge in [0, 0.05) is 11.8 Å². The highest BCUT2D eigenvalue weighted by Gasteiger charge is 2.43. The standard InChI is InChI=1S/C37H30F3N3O2/c38-37(39,40)31-18-10-11-26(21-31)27-22-32-34(41-23-27)43(35(45)42(32)24-33(44)25-19-20-25)36(28-12-4-1-5-13-28,29-14-6-2-7-15-29)30-16-8-3-9-17-30/h1-18,21-23,25,33,44H,19-20,24H2. The van der Waals surface area contributed by atoms with Crippen LogP contribution in [0.2, 0.25) is 0 Å². The highest BCUT2D eigenvalue weighted by Crippen LogP contribution is 2.42. The Kier molecular flexibility index (Phi) is 7.17. The fraction of sp³-hybridized carbons (Fsp3) is 0.189. The molecule has 4 aromatic carbocycles. The molecule has 0 bridgehead atoms. The van der Waals surface area contributed by atoms with Crippen LogP contribution in [-0.4, -0.2) is 25.3 Å². The number of nitrogens with zero attached hydrogens (tertiary/aromatic N) is 3. The maximum Gasteiger partial charge on any atom is 0.416 e. The van der Waals surface area contributed by atoms with Crippen molar-refractivity contribution in [2.24, 2.45) is 5.92 Å². The number of aliphatic hydroxyl groups is 1. The minimum Gasteiger partial charge on any atom is -0.391 e. The number of fused-ring (bicyclic) bond motifs is 1. The van der Waals surface area contributed by atoms with Gasteiger partial charge in [-0.25, -0.2) is 9.78 Å². The molecule has 1 aliphatic rings. The van der Waals surface area contributed by atoms with Crippen molar-refractivity contribution in [2.75, 3.05) is 0 Å². The Labute approximate surface area is 257 Å². The number of halogens is 3. The fourth-order valence-electron chi connectivity index (χ4n) is 6.39. The molecule has 1 atom stereocenters. The number of aliphatic hydroxyl groups excluding tert-OH is 1. The molecule has 1 N–H and O–H groups in total. The molecule has 1 fully saturated rings. The summed E-state index contributed by atoms with van der Waals surface area (Å²) in [6.07, 6.45) is -1.98. The molecular weight excluding hydrogens is 575 g/mol. The number of alkyl halides is 3. The van der Waals surface area contributed by atoms with Crippen LogP contribution in [0.5, 0.6) is 0 Å². The SMILES string of the molecule is O=c1n(CC(O)C2CC2)c2cc(-c3cccc(C(F)(F)F)c3)cnc2n1C(c1ccccc1)(c1ccccc1)c1ccccc1. The number of hydrogen-bond acceptors (Lipinski definition) is 3. The van der Waals surface area contributed by atoms with E-state index in [2.05, 4.69) is 0 Å². The van der Waals surface area contributed by atoms with Crippen molar-refractivity contribution < 1.29 is 18.3 Å². The first-order chi connectivity index (χ1) is 21.8. The molecule has 0 spiro atoms. The van der Waals surface area contributed by atoms with Crippen LogP contribution in [0.15, 0.2) is 132 Å². The van der Waals surface area contributed by atoms with Crippen LogP contribution in [0.25, 0.3) is 22.3 Å².